The average Bonchev–Trinajstić information content (AvgIpc) is 3.22. The van der Waals surface area contributed by atoms with E-state index in [2.05, 4.69) is 9.88 Å². The van der Waals surface area contributed by atoms with Gasteiger partial charge in [-0.1, -0.05) is 48.0 Å². The van der Waals surface area contributed by atoms with Gasteiger partial charge >= 0.3 is 5.69 Å². The van der Waals surface area contributed by atoms with Crippen molar-refractivity contribution in [2.24, 2.45) is 14.1 Å². The van der Waals surface area contributed by atoms with E-state index in [0.717, 1.165) is 32.8 Å². The van der Waals surface area contributed by atoms with Gasteiger partial charge in [0.2, 0.25) is 0 Å². The lowest BCUT2D eigenvalue weighted by atomic mass is 9.99. The van der Waals surface area contributed by atoms with Crippen LogP contribution in [0.4, 0.5) is 10.1 Å². The van der Waals surface area contributed by atoms with E-state index >= 15 is 0 Å². The molecular formula is C28H23FN4O2. The van der Waals surface area contributed by atoms with E-state index in [0.29, 0.717) is 22.2 Å². The summed E-state index contributed by atoms with van der Waals surface area (Å²) in [5.74, 6) is -0.353. The Balaban J connectivity index is 1.88. The molecule has 2 aromatic heterocycles. The van der Waals surface area contributed by atoms with Crippen LogP contribution in [0.25, 0.3) is 27.8 Å². The Morgan fingerprint density at radius 2 is 1.66 bits per heavy atom. The van der Waals surface area contributed by atoms with E-state index in [1.807, 2.05) is 61.5 Å². The summed E-state index contributed by atoms with van der Waals surface area (Å²) < 4.78 is 19.1. The smallest absolute Gasteiger partial charge is 0.331 e. The lowest BCUT2D eigenvalue weighted by molar-refractivity contribution is 0.623. The standard InChI is InChI=1S/C28H23FN4O2/c1-16-8-6-10-18(14-16)24-22-25(31(2)28(35)32(3)27(22)34)26-23(17-9-7-11-19(29)15-17)30-20-12-4-5-13-21(20)33(24)26/h4-15,23,30H,1-3H3/t23-/m0/s1. The van der Waals surface area contributed by atoms with Crippen LogP contribution in [-0.4, -0.2) is 13.7 Å². The second-order valence-electron chi connectivity index (χ2n) is 9.02. The van der Waals surface area contributed by atoms with Crippen molar-refractivity contribution < 1.29 is 4.39 Å². The summed E-state index contributed by atoms with van der Waals surface area (Å²) in [5, 5.41) is 3.99. The molecule has 7 heteroatoms. The molecule has 5 aromatic rings. The van der Waals surface area contributed by atoms with Crippen molar-refractivity contribution in [1.29, 1.82) is 0 Å². The molecule has 0 fully saturated rings. The molecule has 174 valence electrons. The summed E-state index contributed by atoms with van der Waals surface area (Å²) in [6, 6.07) is 21.7. The van der Waals surface area contributed by atoms with Crippen molar-refractivity contribution in [2.45, 2.75) is 13.0 Å². The van der Waals surface area contributed by atoms with Crippen LogP contribution in [0, 0.1) is 12.7 Å². The van der Waals surface area contributed by atoms with Crippen molar-refractivity contribution in [3.63, 3.8) is 0 Å². The average molecular weight is 467 g/mol. The van der Waals surface area contributed by atoms with Crippen LogP contribution < -0.4 is 16.6 Å². The molecule has 3 heterocycles. The number of aromatic nitrogens is 3. The number of benzene rings is 3. The van der Waals surface area contributed by atoms with Crippen LogP contribution in [0.15, 0.2) is 82.4 Å². The second-order valence-corrected chi connectivity index (χ2v) is 9.02. The minimum Gasteiger partial charge on any atom is -0.371 e. The van der Waals surface area contributed by atoms with Crippen molar-refractivity contribution in [2.75, 3.05) is 5.32 Å². The Kier molecular flexibility index (Phi) is 4.57. The van der Waals surface area contributed by atoms with Crippen LogP contribution in [0.5, 0.6) is 0 Å². The SMILES string of the molecule is Cc1cccc(-c2c3c(=O)n(C)c(=O)n(C)c3c3n2-c2ccccc2N[C@H]3c2cccc(F)c2)c1. The van der Waals surface area contributed by atoms with Crippen molar-refractivity contribution in [3.05, 3.63) is 116 Å². The van der Waals surface area contributed by atoms with Gasteiger partial charge in [0, 0.05) is 14.1 Å². The molecule has 35 heavy (non-hydrogen) atoms. The van der Waals surface area contributed by atoms with Crippen LogP contribution in [-0.2, 0) is 14.1 Å². The Morgan fingerprint density at radius 1 is 0.886 bits per heavy atom. The normalized spacial score (nSPS) is 14.5. The lowest BCUT2D eigenvalue weighted by Crippen LogP contribution is -2.37. The second kappa shape index (κ2) is 7.56. The highest BCUT2D eigenvalue weighted by Crippen LogP contribution is 2.45. The van der Waals surface area contributed by atoms with Crippen molar-refractivity contribution in [3.8, 4) is 16.9 Å². The summed E-state index contributed by atoms with van der Waals surface area (Å²) in [6.07, 6.45) is 0. The van der Waals surface area contributed by atoms with Crippen molar-refractivity contribution >= 4 is 16.6 Å². The number of halogens is 1. The van der Waals surface area contributed by atoms with Gasteiger partial charge in [-0.3, -0.25) is 13.9 Å². The molecule has 1 atom stereocenters. The van der Waals surface area contributed by atoms with Gasteiger partial charge in [0.1, 0.15) is 5.82 Å². The fourth-order valence-corrected chi connectivity index (χ4v) is 5.22. The molecule has 0 saturated carbocycles. The first-order valence-electron chi connectivity index (χ1n) is 11.4. The van der Waals surface area contributed by atoms with Crippen LogP contribution in [0.1, 0.15) is 22.9 Å². The molecule has 6 rings (SSSR count). The third-order valence-corrected chi connectivity index (χ3v) is 6.80. The maximum atomic E-state index is 14.3. The lowest BCUT2D eigenvalue weighted by Gasteiger charge is -2.31. The minimum atomic E-state index is -0.487. The Morgan fingerprint density at radius 3 is 2.43 bits per heavy atom. The van der Waals surface area contributed by atoms with Gasteiger partial charge in [0.05, 0.1) is 39.7 Å². The largest absolute Gasteiger partial charge is 0.371 e. The Labute approximate surface area is 200 Å². The van der Waals surface area contributed by atoms with Gasteiger partial charge < -0.3 is 9.88 Å². The maximum absolute atomic E-state index is 14.3. The summed E-state index contributed by atoms with van der Waals surface area (Å²) in [7, 11) is 3.17. The van der Waals surface area contributed by atoms with Gasteiger partial charge in [-0.25, -0.2) is 9.18 Å². The molecule has 0 unspecified atom stereocenters. The van der Waals surface area contributed by atoms with Gasteiger partial charge in [0.25, 0.3) is 5.56 Å². The number of hydrogen-bond acceptors (Lipinski definition) is 3. The van der Waals surface area contributed by atoms with Crippen LogP contribution in [0.2, 0.25) is 0 Å². The first kappa shape index (κ1) is 21.2. The zero-order chi connectivity index (χ0) is 24.4. The molecule has 0 radical (unpaired) electrons. The minimum absolute atomic E-state index is 0.353. The Hall–Kier alpha value is -4.39. The number of nitrogens with zero attached hydrogens (tertiary/aromatic N) is 3. The predicted molar refractivity (Wildman–Crippen MR) is 136 cm³/mol. The number of nitrogens with one attached hydrogen (secondary N) is 1. The molecule has 0 bridgehead atoms. The number of anilines is 1. The number of hydrogen-bond donors (Lipinski definition) is 1. The number of fused-ring (bicyclic) bond motifs is 5. The molecular weight excluding hydrogens is 443 g/mol. The van der Waals surface area contributed by atoms with Crippen LogP contribution in [0.3, 0.4) is 0 Å². The fourth-order valence-electron chi connectivity index (χ4n) is 5.22. The molecule has 1 aliphatic heterocycles. The first-order chi connectivity index (χ1) is 16.9. The highest BCUT2D eigenvalue weighted by Gasteiger charge is 2.34. The van der Waals surface area contributed by atoms with Gasteiger partial charge in [-0.2, -0.15) is 0 Å². The maximum Gasteiger partial charge on any atom is 0.331 e. The number of aryl methyl sites for hydroxylation is 2. The first-order valence-corrected chi connectivity index (χ1v) is 11.4. The summed E-state index contributed by atoms with van der Waals surface area (Å²) in [5.41, 5.74) is 5.52. The molecule has 1 aliphatic rings. The number of rotatable bonds is 2. The molecule has 1 N–H and O–H groups in total. The topological polar surface area (TPSA) is 61.0 Å². The monoisotopic (exact) mass is 466 g/mol. The van der Waals surface area contributed by atoms with Gasteiger partial charge in [0.15, 0.2) is 0 Å². The van der Waals surface area contributed by atoms with Crippen LogP contribution >= 0.6 is 0 Å². The third kappa shape index (κ3) is 3.01. The van der Waals surface area contributed by atoms with Crippen molar-refractivity contribution in [1.82, 2.24) is 13.7 Å². The number of para-hydroxylation sites is 2. The Bertz CT molecular complexity index is 1780. The highest BCUT2D eigenvalue weighted by molar-refractivity contribution is 5.99. The zero-order valence-corrected chi connectivity index (χ0v) is 19.5. The summed E-state index contributed by atoms with van der Waals surface area (Å²) in [6.45, 7) is 2.00. The molecule has 0 spiro atoms. The predicted octanol–water partition coefficient (Wildman–Crippen LogP) is 4.66. The summed E-state index contributed by atoms with van der Waals surface area (Å²) >= 11 is 0. The van der Waals surface area contributed by atoms with E-state index in [1.54, 1.807) is 13.1 Å². The zero-order valence-electron chi connectivity index (χ0n) is 19.5. The van der Waals surface area contributed by atoms with Gasteiger partial charge in [-0.05, 0) is 48.4 Å². The van der Waals surface area contributed by atoms with E-state index in [9.17, 15) is 14.0 Å². The fraction of sp³-hybridized carbons (Fsp3) is 0.143. The quantitative estimate of drug-likeness (QED) is 0.412. The highest BCUT2D eigenvalue weighted by atomic mass is 19.1. The van der Waals surface area contributed by atoms with E-state index in [-0.39, 0.29) is 11.4 Å². The van der Waals surface area contributed by atoms with E-state index in [1.165, 1.54) is 23.7 Å². The van der Waals surface area contributed by atoms with E-state index in [4.69, 9.17) is 0 Å². The molecule has 0 aliphatic carbocycles. The molecule has 0 saturated heterocycles. The third-order valence-electron chi connectivity index (χ3n) is 6.80. The van der Waals surface area contributed by atoms with E-state index < -0.39 is 11.7 Å². The molecule has 0 amide bonds. The van der Waals surface area contributed by atoms with Gasteiger partial charge in [-0.15, -0.1) is 0 Å². The molecule has 3 aromatic carbocycles. The molecule has 6 nitrogen and oxygen atoms in total. The summed E-state index contributed by atoms with van der Waals surface area (Å²) in [4.78, 5) is 26.7.